The first kappa shape index (κ1) is 19.4. The van der Waals surface area contributed by atoms with Crippen molar-refractivity contribution in [2.24, 2.45) is 0 Å². The van der Waals surface area contributed by atoms with E-state index in [1.165, 1.54) is 10.9 Å². The number of phosphoric ester groups is 1. The Morgan fingerprint density at radius 3 is 2.82 bits per heavy atom. The number of alkyl halides is 1. The topological polar surface area (TPSA) is 169 Å². The van der Waals surface area contributed by atoms with E-state index in [1.54, 1.807) is 0 Å². The number of ether oxygens (including phenoxy) is 1. The van der Waals surface area contributed by atoms with Gasteiger partial charge >= 0.3 is 7.82 Å². The molecule has 3 heterocycles. The second-order valence-electron chi connectivity index (χ2n) is 6.86. The van der Waals surface area contributed by atoms with Crippen molar-refractivity contribution in [2.75, 3.05) is 24.3 Å². The second-order valence-corrected chi connectivity index (χ2v) is 8.10. The first-order valence-electron chi connectivity index (χ1n) is 8.56. The SMILES string of the molecule is CN(c1nc(N)nc2c1ncn2[C@@H]1O[C@H](COP(=O)(O)O)[C@@H](O)[C@@H]1F)C1CC1. The van der Waals surface area contributed by atoms with Gasteiger partial charge in [0.25, 0.3) is 0 Å². The molecule has 2 aliphatic rings. The van der Waals surface area contributed by atoms with E-state index in [-0.39, 0.29) is 11.6 Å². The molecule has 1 aliphatic carbocycles. The quantitative estimate of drug-likeness (QED) is 0.455. The number of imidazole rings is 1. The van der Waals surface area contributed by atoms with Gasteiger partial charge in [0, 0.05) is 13.1 Å². The van der Waals surface area contributed by atoms with Gasteiger partial charge in [-0.15, -0.1) is 0 Å². The van der Waals surface area contributed by atoms with Gasteiger partial charge in [-0.3, -0.25) is 9.09 Å². The Morgan fingerprint density at radius 2 is 2.18 bits per heavy atom. The lowest BCUT2D eigenvalue weighted by Gasteiger charge is -2.19. The average Bonchev–Trinajstić information content (AvgIpc) is 3.33. The molecule has 154 valence electrons. The predicted octanol–water partition coefficient (Wildman–Crippen LogP) is -0.287. The van der Waals surface area contributed by atoms with Crippen LogP contribution in [-0.2, 0) is 13.8 Å². The van der Waals surface area contributed by atoms with Crippen molar-refractivity contribution in [3.8, 4) is 0 Å². The molecule has 28 heavy (non-hydrogen) atoms. The van der Waals surface area contributed by atoms with Crippen LogP contribution in [0.2, 0.25) is 0 Å². The van der Waals surface area contributed by atoms with E-state index in [0.717, 1.165) is 12.8 Å². The van der Waals surface area contributed by atoms with Crippen LogP contribution >= 0.6 is 7.82 Å². The number of aromatic nitrogens is 4. The number of halogens is 1. The van der Waals surface area contributed by atoms with Crippen LogP contribution in [0.1, 0.15) is 19.1 Å². The van der Waals surface area contributed by atoms with Gasteiger partial charge in [-0.2, -0.15) is 9.97 Å². The molecular weight excluding hydrogens is 398 g/mol. The fourth-order valence-corrected chi connectivity index (χ4v) is 3.56. The molecule has 1 aliphatic heterocycles. The van der Waals surface area contributed by atoms with Crippen LogP contribution in [0, 0.1) is 0 Å². The molecule has 0 spiro atoms. The smallest absolute Gasteiger partial charge is 0.387 e. The fraction of sp³-hybridized carbons (Fsp3) is 0.643. The fourth-order valence-electron chi connectivity index (χ4n) is 3.22. The summed E-state index contributed by atoms with van der Waals surface area (Å²) in [5.74, 6) is 0.492. The molecule has 0 bridgehead atoms. The van der Waals surface area contributed by atoms with E-state index in [4.69, 9.17) is 20.3 Å². The number of aliphatic hydroxyl groups excluding tert-OH is 1. The maximum Gasteiger partial charge on any atom is 0.469 e. The van der Waals surface area contributed by atoms with Gasteiger partial charge in [-0.05, 0) is 12.8 Å². The summed E-state index contributed by atoms with van der Waals surface area (Å²) in [6.45, 7) is -0.679. The Hall–Kier alpha value is -1.89. The molecule has 12 nitrogen and oxygen atoms in total. The molecule has 1 saturated heterocycles. The van der Waals surface area contributed by atoms with Crippen molar-refractivity contribution < 1.29 is 33.1 Å². The van der Waals surface area contributed by atoms with Crippen molar-refractivity contribution in [3.63, 3.8) is 0 Å². The van der Waals surface area contributed by atoms with Crippen molar-refractivity contribution in [1.82, 2.24) is 19.5 Å². The highest BCUT2D eigenvalue weighted by atomic mass is 31.2. The zero-order valence-electron chi connectivity index (χ0n) is 14.8. The summed E-state index contributed by atoms with van der Waals surface area (Å²) in [4.78, 5) is 32.1. The van der Waals surface area contributed by atoms with Gasteiger partial charge in [0.1, 0.15) is 12.2 Å². The Kier molecular flexibility index (Phi) is 4.76. The molecular formula is C14H20FN6O6P. The average molecular weight is 418 g/mol. The molecule has 5 N–H and O–H groups in total. The Balaban J connectivity index is 1.64. The van der Waals surface area contributed by atoms with Crippen LogP contribution < -0.4 is 10.6 Å². The van der Waals surface area contributed by atoms with E-state index < -0.39 is 39.0 Å². The number of hydrogen-bond acceptors (Lipinski definition) is 9. The Bertz CT molecular complexity index is 934. The molecule has 0 aromatic carbocycles. The zero-order valence-corrected chi connectivity index (χ0v) is 15.7. The first-order valence-corrected chi connectivity index (χ1v) is 10.1. The van der Waals surface area contributed by atoms with Gasteiger partial charge in [0.05, 0.1) is 12.9 Å². The first-order chi connectivity index (χ1) is 13.2. The normalized spacial score (nSPS) is 28.2. The second kappa shape index (κ2) is 6.87. The van der Waals surface area contributed by atoms with E-state index in [9.17, 15) is 14.1 Å². The molecule has 4 rings (SSSR count). The summed E-state index contributed by atoms with van der Waals surface area (Å²) in [7, 11) is -2.92. The van der Waals surface area contributed by atoms with Gasteiger partial charge in [0.2, 0.25) is 5.95 Å². The van der Waals surface area contributed by atoms with E-state index in [2.05, 4.69) is 19.5 Å². The highest BCUT2D eigenvalue weighted by Gasteiger charge is 2.46. The minimum atomic E-state index is -4.79. The largest absolute Gasteiger partial charge is 0.469 e. The molecule has 4 atom stereocenters. The summed E-state index contributed by atoms with van der Waals surface area (Å²) in [6.07, 6.45) is -2.80. The van der Waals surface area contributed by atoms with Crippen molar-refractivity contribution in [3.05, 3.63) is 6.33 Å². The lowest BCUT2D eigenvalue weighted by Crippen LogP contribution is -2.31. The molecule has 0 unspecified atom stereocenters. The lowest BCUT2D eigenvalue weighted by atomic mass is 10.1. The van der Waals surface area contributed by atoms with Crippen molar-refractivity contribution in [1.29, 1.82) is 0 Å². The van der Waals surface area contributed by atoms with Crippen molar-refractivity contribution in [2.45, 2.75) is 43.5 Å². The van der Waals surface area contributed by atoms with Crippen molar-refractivity contribution >= 4 is 30.8 Å². The molecule has 14 heteroatoms. The predicted molar refractivity (Wildman–Crippen MR) is 94.0 cm³/mol. The van der Waals surface area contributed by atoms with Crippen LogP contribution in [0.25, 0.3) is 11.2 Å². The summed E-state index contributed by atoms with van der Waals surface area (Å²) in [5.41, 5.74) is 6.45. The third-order valence-corrected chi connectivity index (χ3v) is 5.31. The minimum absolute atomic E-state index is 0.0212. The molecule has 2 aromatic heterocycles. The van der Waals surface area contributed by atoms with Gasteiger partial charge in [-0.1, -0.05) is 0 Å². The number of hydrogen-bond donors (Lipinski definition) is 4. The van der Waals surface area contributed by atoms with Gasteiger partial charge < -0.3 is 30.3 Å². The van der Waals surface area contributed by atoms with Gasteiger partial charge in [0.15, 0.2) is 29.4 Å². The Labute approximate surface area is 158 Å². The number of nitrogens with zero attached hydrogens (tertiary/aromatic N) is 5. The number of fused-ring (bicyclic) bond motifs is 1. The van der Waals surface area contributed by atoms with Crippen LogP contribution in [-0.4, -0.2) is 72.5 Å². The summed E-state index contributed by atoms with van der Waals surface area (Å²) >= 11 is 0. The molecule has 2 fully saturated rings. The highest BCUT2D eigenvalue weighted by molar-refractivity contribution is 7.46. The van der Waals surface area contributed by atoms with Crippen LogP contribution in [0.4, 0.5) is 16.2 Å². The number of aliphatic hydroxyl groups is 1. The molecule has 0 amide bonds. The number of nitrogens with two attached hydrogens (primary N) is 1. The summed E-state index contributed by atoms with van der Waals surface area (Å²) in [6, 6.07) is 0.329. The monoisotopic (exact) mass is 418 g/mol. The van der Waals surface area contributed by atoms with Gasteiger partial charge in [-0.25, -0.2) is 13.9 Å². The maximum absolute atomic E-state index is 14.7. The number of nitrogen functional groups attached to an aromatic ring is 1. The molecule has 1 saturated carbocycles. The number of phosphoric acid groups is 1. The number of anilines is 2. The minimum Gasteiger partial charge on any atom is -0.387 e. The zero-order chi connectivity index (χ0) is 20.2. The highest BCUT2D eigenvalue weighted by Crippen LogP contribution is 2.40. The molecule has 2 aromatic rings. The maximum atomic E-state index is 14.7. The molecule has 0 radical (unpaired) electrons. The van der Waals surface area contributed by atoms with E-state index in [1.807, 2.05) is 11.9 Å². The summed E-state index contributed by atoms with van der Waals surface area (Å²) < 4.78 is 36.6. The Morgan fingerprint density at radius 1 is 1.46 bits per heavy atom. The van der Waals surface area contributed by atoms with Crippen LogP contribution in [0.3, 0.4) is 0 Å². The number of rotatable bonds is 6. The third-order valence-electron chi connectivity index (χ3n) is 4.82. The van der Waals surface area contributed by atoms with Crippen LogP contribution in [0.5, 0.6) is 0 Å². The lowest BCUT2D eigenvalue weighted by molar-refractivity contribution is -0.0451. The van der Waals surface area contributed by atoms with E-state index >= 15 is 0 Å². The van der Waals surface area contributed by atoms with Crippen LogP contribution in [0.15, 0.2) is 6.33 Å². The summed E-state index contributed by atoms with van der Waals surface area (Å²) in [5, 5.41) is 10.0. The third kappa shape index (κ3) is 3.56. The standard InChI is InChI=1S/C14H20FN6O6P/c1-20(6-2-3-6)11-9-12(19-14(16)18-11)21(5-17-9)13-8(15)10(22)7(27-13)4-26-28(23,24)25/h5-8,10,13,22H,2-4H2,1H3,(H2,16,18,19)(H2,23,24,25)/t7-,8+,10-,13-/m1/s1. The van der Waals surface area contributed by atoms with E-state index in [0.29, 0.717) is 17.4 Å².